The average Bonchev–Trinajstić information content (AvgIpc) is 2.45. The maximum atomic E-state index is 14.4. The largest absolute Gasteiger partial charge is 0.396 e. The first-order chi connectivity index (χ1) is 9.47. The van der Waals surface area contributed by atoms with Crippen LogP contribution in [0.5, 0.6) is 0 Å². The summed E-state index contributed by atoms with van der Waals surface area (Å²) in [5.41, 5.74) is 0.126. The molecule has 6 heteroatoms. The Labute approximate surface area is 136 Å². The van der Waals surface area contributed by atoms with Gasteiger partial charge in [-0.2, -0.15) is 0 Å². The van der Waals surface area contributed by atoms with E-state index in [-0.39, 0.29) is 35.9 Å². The summed E-state index contributed by atoms with van der Waals surface area (Å²) in [6.45, 7) is 7.33. The number of hydrogen-bond acceptors (Lipinski definition) is 3. The van der Waals surface area contributed by atoms with Gasteiger partial charge in [0.15, 0.2) is 0 Å². The van der Waals surface area contributed by atoms with Crippen molar-refractivity contribution in [3.63, 3.8) is 0 Å². The molecule has 3 nitrogen and oxygen atoms in total. The fourth-order valence-electron chi connectivity index (χ4n) is 2.87. The van der Waals surface area contributed by atoms with E-state index in [1.165, 1.54) is 0 Å². The molecule has 0 radical (unpaired) electrons. The molecule has 0 aromatic heterocycles. The maximum Gasteiger partial charge on any atom is 0.146 e. The van der Waals surface area contributed by atoms with Gasteiger partial charge in [-0.15, -0.1) is 12.4 Å². The van der Waals surface area contributed by atoms with Crippen LogP contribution in [0.1, 0.15) is 25.5 Å². The Morgan fingerprint density at radius 3 is 2.57 bits per heavy atom. The standard InChI is InChI=1S/C15H22ClFN2O.ClH/c1-15(2,10-20)14(19-8-6-18-7-9-19)11-4-3-5-12(16)13(11)17;/h3-5,14,18,20H,6-10H2,1-2H3;1H/t14-;/m1./s1. The summed E-state index contributed by atoms with van der Waals surface area (Å²) < 4.78 is 14.4. The van der Waals surface area contributed by atoms with Gasteiger partial charge >= 0.3 is 0 Å². The monoisotopic (exact) mass is 336 g/mol. The number of halogens is 3. The van der Waals surface area contributed by atoms with E-state index >= 15 is 0 Å². The molecule has 21 heavy (non-hydrogen) atoms. The average molecular weight is 337 g/mol. The molecule has 1 aromatic carbocycles. The third-order valence-electron chi connectivity index (χ3n) is 3.94. The fraction of sp³-hybridized carbons (Fsp3) is 0.600. The van der Waals surface area contributed by atoms with Crippen LogP contribution < -0.4 is 5.32 Å². The summed E-state index contributed by atoms with van der Waals surface area (Å²) in [5.74, 6) is -0.376. The number of benzene rings is 1. The third-order valence-corrected chi connectivity index (χ3v) is 4.23. The number of rotatable bonds is 4. The van der Waals surface area contributed by atoms with Gasteiger partial charge in [-0.05, 0) is 6.07 Å². The Balaban J connectivity index is 0.00000220. The zero-order valence-electron chi connectivity index (χ0n) is 12.4. The Morgan fingerprint density at radius 2 is 2.00 bits per heavy atom. The molecule has 0 saturated carbocycles. The summed E-state index contributed by atoms with van der Waals surface area (Å²) in [4.78, 5) is 2.22. The molecule has 1 saturated heterocycles. The number of aliphatic hydroxyl groups is 1. The highest BCUT2D eigenvalue weighted by Crippen LogP contribution is 2.40. The molecule has 2 N–H and O–H groups in total. The first-order valence-corrected chi connectivity index (χ1v) is 7.34. The highest BCUT2D eigenvalue weighted by atomic mass is 35.5. The molecule has 0 spiro atoms. The van der Waals surface area contributed by atoms with Crippen LogP contribution in [0.15, 0.2) is 18.2 Å². The number of nitrogens with one attached hydrogen (secondary N) is 1. The smallest absolute Gasteiger partial charge is 0.146 e. The highest BCUT2D eigenvalue weighted by molar-refractivity contribution is 6.30. The van der Waals surface area contributed by atoms with Crippen molar-refractivity contribution in [1.29, 1.82) is 0 Å². The lowest BCUT2D eigenvalue weighted by Crippen LogP contribution is -2.49. The molecule has 120 valence electrons. The lowest BCUT2D eigenvalue weighted by atomic mass is 9.79. The molecule has 0 amide bonds. The van der Waals surface area contributed by atoms with Crippen molar-refractivity contribution < 1.29 is 9.50 Å². The van der Waals surface area contributed by atoms with Gasteiger partial charge in [-0.3, -0.25) is 4.90 Å². The summed E-state index contributed by atoms with van der Waals surface area (Å²) in [6.07, 6.45) is 0. The van der Waals surface area contributed by atoms with Crippen molar-refractivity contribution in [3.8, 4) is 0 Å². The van der Waals surface area contributed by atoms with Crippen LogP contribution in [0.2, 0.25) is 5.02 Å². The Hall–Kier alpha value is -0.390. The minimum atomic E-state index is -0.442. The lowest BCUT2D eigenvalue weighted by molar-refractivity contribution is 0.0286. The topological polar surface area (TPSA) is 35.5 Å². The van der Waals surface area contributed by atoms with E-state index in [2.05, 4.69) is 10.2 Å². The normalized spacial score (nSPS) is 18.1. The first-order valence-electron chi connectivity index (χ1n) is 6.97. The lowest BCUT2D eigenvalue weighted by Gasteiger charge is -2.43. The minimum absolute atomic E-state index is 0. The summed E-state index contributed by atoms with van der Waals surface area (Å²) in [5, 5.41) is 13.1. The molecule has 2 rings (SSSR count). The van der Waals surface area contributed by atoms with Gasteiger partial charge in [0.1, 0.15) is 5.82 Å². The molecule has 1 aliphatic rings. The van der Waals surface area contributed by atoms with Gasteiger partial charge in [0.05, 0.1) is 5.02 Å². The Morgan fingerprint density at radius 1 is 1.38 bits per heavy atom. The third kappa shape index (κ3) is 4.08. The van der Waals surface area contributed by atoms with E-state index in [1.807, 2.05) is 13.8 Å². The van der Waals surface area contributed by atoms with Crippen LogP contribution in [-0.2, 0) is 0 Å². The second-order valence-electron chi connectivity index (χ2n) is 5.98. The molecular weight excluding hydrogens is 314 g/mol. The van der Waals surface area contributed by atoms with E-state index in [0.29, 0.717) is 5.56 Å². The van der Waals surface area contributed by atoms with Gasteiger partial charge in [0.25, 0.3) is 0 Å². The van der Waals surface area contributed by atoms with Crippen molar-refractivity contribution in [2.24, 2.45) is 5.41 Å². The number of nitrogens with zero attached hydrogens (tertiary/aromatic N) is 1. The zero-order chi connectivity index (χ0) is 14.8. The second-order valence-corrected chi connectivity index (χ2v) is 6.39. The SMILES string of the molecule is CC(C)(CO)[C@@H](c1cccc(Cl)c1F)N1CCNCC1.Cl. The van der Waals surface area contributed by atoms with Gasteiger partial charge in [-0.25, -0.2) is 4.39 Å². The van der Waals surface area contributed by atoms with Crippen molar-refractivity contribution in [3.05, 3.63) is 34.6 Å². The molecule has 0 bridgehead atoms. The molecule has 1 atom stereocenters. The summed E-state index contributed by atoms with van der Waals surface area (Å²) >= 11 is 5.92. The molecular formula is C15H23Cl2FN2O. The van der Waals surface area contributed by atoms with Crippen LogP contribution in [0.3, 0.4) is 0 Å². The van der Waals surface area contributed by atoms with E-state index in [1.54, 1.807) is 18.2 Å². The second kappa shape index (κ2) is 7.75. The van der Waals surface area contributed by atoms with Crippen LogP contribution in [0.25, 0.3) is 0 Å². The molecule has 1 fully saturated rings. The molecule has 0 unspecified atom stereocenters. The number of hydrogen-bond donors (Lipinski definition) is 2. The first kappa shape index (κ1) is 18.7. The van der Waals surface area contributed by atoms with Gasteiger partial charge < -0.3 is 10.4 Å². The van der Waals surface area contributed by atoms with Crippen molar-refractivity contribution in [2.45, 2.75) is 19.9 Å². The van der Waals surface area contributed by atoms with Crippen LogP contribution in [0.4, 0.5) is 4.39 Å². The highest BCUT2D eigenvalue weighted by Gasteiger charge is 2.37. The predicted octanol–water partition coefficient (Wildman–Crippen LogP) is 2.87. The molecule has 0 aliphatic carbocycles. The Kier molecular flexibility index (Phi) is 6.88. The van der Waals surface area contributed by atoms with Crippen molar-refractivity contribution in [2.75, 3.05) is 32.8 Å². The van der Waals surface area contributed by atoms with Crippen LogP contribution in [0, 0.1) is 11.2 Å². The van der Waals surface area contributed by atoms with Crippen molar-refractivity contribution in [1.82, 2.24) is 10.2 Å². The number of piperazine rings is 1. The quantitative estimate of drug-likeness (QED) is 0.887. The van der Waals surface area contributed by atoms with Crippen molar-refractivity contribution >= 4 is 24.0 Å². The van der Waals surface area contributed by atoms with E-state index in [0.717, 1.165) is 26.2 Å². The summed E-state index contributed by atoms with van der Waals surface area (Å²) in [7, 11) is 0. The Bertz CT molecular complexity index is 465. The van der Waals surface area contributed by atoms with Gasteiger partial charge in [0, 0.05) is 49.8 Å². The van der Waals surface area contributed by atoms with Crippen LogP contribution in [-0.4, -0.2) is 42.8 Å². The van der Waals surface area contributed by atoms with Gasteiger partial charge in [0.2, 0.25) is 0 Å². The molecule has 1 aliphatic heterocycles. The zero-order valence-corrected chi connectivity index (χ0v) is 14.0. The molecule has 1 aromatic rings. The van der Waals surface area contributed by atoms with E-state index < -0.39 is 5.41 Å². The molecule has 1 heterocycles. The van der Waals surface area contributed by atoms with Crippen LogP contribution >= 0.6 is 24.0 Å². The maximum absolute atomic E-state index is 14.4. The predicted molar refractivity (Wildman–Crippen MR) is 86.7 cm³/mol. The minimum Gasteiger partial charge on any atom is -0.396 e. The van der Waals surface area contributed by atoms with Gasteiger partial charge in [-0.1, -0.05) is 37.6 Å². The van der Waals surface area contributed by atoms with E-state index in [4.69, 9.17) is 11.6 Å². The fourth-order valence-corrected chi connectivity index (χ4v) is 3.05. The number of aliphatic hydroxyl groups excluding tert-OH is 1. The summed E-state index contributed by atoms with van der Waals surface area (Å²) in [6, 6.07) is 4.91. The van der Waals surface area contributed by atoms with E-state index in [9.17, 15) is 9.50 Å².